The monoisotopic (exact) mass is 237 g/mol. The van der Waals surface area contributed by atoms with Crippen molar-refractivity contribution in [2.45, 2.75) is 32.5 Å². The van der Waals surface area contributed by atoms with Crippen molar-refractivity contribution < 1.29 is 14.1 Å². The van der Waals surface area contributed by atoms with Gasteiger partial charge < -0.3 is 9.31 Å². The third-order valence-corrected chi connectivity index (χ3v) is 2.01. The highest BCUT2D eigenvalue weighted by molar-refractivity contribution is 6.45. The molecule has 0 aliphatic rings. The maximum atomic E-state index is 9.85. The lowest BCUT2D eigenvalue weighted by atomic mass is 9.84. The molecule has 0 bridgehead atoms. The molecule has 0 saturated heterocycles. The van der Waals surface area contributed by atoms with E-state index in [9.17, 15) is 4.79 Å². The Morgan fingerprint density at radius 1 is 1.41 bits per heavy atom. The van der Waals surface area contributed by atoms with Gasteiger partial charge in [-0.1, -0.05) is 31.9 Å². The Morgan fingerprint density at radius 2 is 2.24 bits per heavy atom. The minimum absolute atomic E-state index is 0.303. The maximum absolute atomic E-state index is 9.85. The van der Waals surface area contributed by atoms with Gasteiger partial charge in [-0.15, -0.1) is 6.58 Å². The van der Waals surface area contributed by atoms with Gasteiger partial charge in [-0.2, -0.15) is 4.99 Å². The number of isocyanates is 1. The van der Waals surface area contributed by atoms with Crippen LogP contribution in [0.3, 0.4) is 0 Å². The van der Waals surface area contributed by atoms with E-state index in [2.05, 4.69) is 18.5 Å². The van der Waals surface area contributed by atoms with Gasteiger partial charge in [0.2, 0.25) is 6.08 Å². The lowest BCUT2D eigenvalue weighted by Gasteiger charge is -2.11. The molecule has 0 aliphatic carbocycles. The summed E-state index contributed by atoms with van der Waals surface area (Å²) in [6.07, 6.45) is 10.1. The zero-order valence-electron chi connectivity index (χ0n) is 10.4. The van der Waals surface area contributed by atoms with Crippen molar-refractivity contribution in [3.8, 4) is 0 Å². The molecule has 17 heavy (non-hydrogen) atoms. The third kappa shape index (κ3) is 11.1. The Kier molecular flexibility index (Phi) is 12.0. The summed E-state index contributed by atoms with van der Waals surface area (Å²) in [5.74, 6) is 0. The molecule has 4 nitrogen and oxygen atoms in total. The molecule has 0 fully saturated rings. The molecule has 0 N–H and O–H groups in total. The van der Waals surface area contributed by atoms with Gasteiger partial charge in [0.15, 0.2) is 0 Å². The average molecular weight is 237 g/mol. The number of unbranched alkanes of at least 4 members (excludes halogenated alkanes) is 2. The van der Waals surface area contributed by atoms with Gasteiger partial charge in [0, 0.05) is 25.7 Å². The lowest BCUT2D eigenvalue weighted by Crippen LogP contribution is -2.22. The van der Waals surface area contributed by atoms with Gasteiger partial charge >= 0.3 is 7.12 Å². The summed E-state index contributed by atoms with van der Waals surface area (Å²) in [5, 5.41) is 0. The van der Waals surface area contributed by atoms with Gasteiger partial charge in [0.1, 0.15) is 0 Å². The van der Waals surface area contributed by atoms with Gasteiger partial charge in [0.05, 0.1) is 0 Å². The van der Waals surface area contributed by atoms with Crippen LogP contribution in [-0.2, 0) is 14.1 Å². The molecular weight excluding hydrogens is 217 g/mol. The van der Waals surface area contributed by atoms with Crippen LogP contribution in [0.1, 0.15) is 26.2 Å². The molecule has 5 heteroatoms. The van der Waals surface area contributed by atoms with Crippen molar-refractivity contribution in [3.63, 3.8) is 0 Å². The Bertz CT molecular complexity index is 262. The van der Waals surface area contributed by atoms with Crippen molar-refractivity contribution in [1.82, 2.24) is 0 Å². The normalized spacial score (nSPS) is 10.2. The number of aliphatic imine (C=N–C) groups is 1. The van der Waals surface area contributed by atoms with E-state index < -0.39 is 0 Å². The Morgan fingerprint density at radius 3 is 2.88 bits per heavy atom. The fourth-order valence-electron chi connectivity index (χ4n) is 1.18. The predicted octanol–water partition coefficient (Wildman–Crippen LogP) is 2.73. The average Bonchev–Trinajstić information content (AvgIpc) is 2.35. The quantitative estimate of drug-likeness (QED) is 0.182. The molecule has 0 spiro atoms. The summed E-state index contributed by atoms with van der Waals surface area (Å²) < 4.78 is 11.0. The van der Waals surface area contributed by atoms with Crippen LogP contribution >= 0.6 is 0 Å². The zero-order chi connectivity index (χ0) is 12.8. The second-order valence-corrected chi connectivity index (χ2v) is 3.47. The van der Waals surface area contributed by atoms with Gasteiger partial charge in [-0.25, -0.2) is 4.79 Å². The number of nitrogens with zero attached hydrogens (tertiary/aromatic N) is 1. The fraction of sp³-hybridized carbons (Fsp3) is 0.583. The molecule has 0 aromatic carbocycles. The number of hydrogen-bond donors (Lipinski definition) is 0. The predicted molar refractivity (Wildman–Crippen MR) is 69.4 cm³/mol. The molecule has 0 atom stereocenters. The summed E-state index contributed by atoms with van der Waals surface area (Å²) in [5.41, 5.74) is 0. The van der Waals surface area contributed by atoms with Crippen LogP contribution in [0.2, 0.25) is 6.32 Å². The Labute approximate surface area is 104 Å². The van der Waals surface area contributed by atoms with Crippen LogP contribution in [0.5, 0.6) is 0 Å². The minimum Gasteiger partial charge on any atom is -0.411 e. The molecule has 0 aromatic heterocycles. The van der Waals surface area contributed by atoms with Gasteiger partial charge in [0.25, 0.3) is 0 Å². The van der Waals surface area contributed by atoms with Crippen LogP contribution in [0.15, 0.2) is 29.9 Å². The Hall–Kier alpha value is -1.16. The standard InChI is InChI=1S/C12H20BNO3/c1-3-5-6-11-17-13(16-10-4-2)8-7-9-14-12-15/h4,7,9H,2-3,5-6,8,10-11H2,1H3. The number of allylic oxidation sites excluding steroid dienone is 1. The van der Waals surface area contributed by atoms with Crippen LogP contribution in [0.4, 0.5) is 0 Å². The van der Waals surface area contributed by atoms with Crippen LogP contribution in [-0.4, -0.2) is 26.4 Å². The minimum atomic E-state index is -0.303. The molecule has 0 aliphatic heterocycles. The third-order valence-electron chi connectivity index (χ3n) is 2.01. The molecule has 0 heterocycles. The topological polar surface area (TPSA) is 47.9 Å². The molecule has 0 unspecified atom stereocenters. The summed E-state index contributed by atoms with van der Waals surface area (Å²) in [7, 11) is -0.303. The highest BCUT2D eigenvalue weighted by Gasteiger charge is 2.15. The zero-order valence-corrected chi connectivity index (χ0v) is 10.4. The van der Waals surface area contributed by atoms with Crippen molar-refractivity contribution >= 4 is 13.2 Å². The molecule has 0 rings (SSSR count). The van der Waals surface area contributed by atoms with E-state index >= 15 is 0 Å². The van der Waals surface area contributed by atoms with Crippen molar-refractivity contribution in [2.24, 2.45) is 4.99 Å². The SMILES string of the molecule is C=CCOB(CC=CN=C=O)OCCCCC. The first-order chi connectivity index (χ1) is 8.35. The highest BCUT2D eigenvalue weighted by atomic mass is 16.6. The summed E-state index contributed by atoms with van der Waals surface area (Å²) >= 11 is 0. The first-order valence-electron chi connectivity index (χ1n) is 5.91. The smallest absolute Gasteiger partial charge is 0.411 e. The van der Waals surface area contributed by atoms with Crippen LogP contribution in [0.25, 0.3) is 0 Å². The number of rotatable bonds is 11. The first kappa shape index (κ1) is 15.8. The molecular formula is C12H20BNO3. The first-order valence-corrected chi connectivity index (χ1v) is 5.91. The van der Waals surface area contributed by atoms with Crippen molar-refractivity contribution in [1.29, 1.82) is 0 Å². The molecule has 0 radical (unpaired) electrons. The van der Waals surface area contributed by atoms with E-state index in [0.717, 1.165) is 19.3 Å². The van der Waals surface area contributed by atoms with Gasteiger partial charge in [-0.05, 0) is 6.42 Å². The van der Waals surface area contributed by atoms with Crippen LogP contribution < -0.4 is 0 Å². The van der Waals surface area contributed by atoms with E-state index in [-0.39, 0.29) is 7.12 Å². The number of carbonyl (C=O) groups excluding carboxylic acids is 1. The maximum Gasteiger partial charge on any atom is 0.461 e. The summed E-state index contributed by atoms with van der Waals surface area (Å²) in [4.78, 5) is 13.2. The van der Waals surface area contributed by atoms with Crippen LogP contribution in [0, 0.1) is 0 Å². The van der Waals surface area contributed by atoms with Crippen molar-refractivity contribution in [2.75, 3.05) is 13.2 Å². The Balaban J connectivity index is 3.86. The number of hydrogen-bond acceptors (Lipinski definition) is 4. The van der Waals surface area contributed by atoms with E-state index in [1.54, 1.807) is 12.2 Å². The second kappa shape index (κ2) is 12.9. The van der Waals surface area contributed by atoms with Gasteiger partial charge in [-0.3, -0.25) is 0 Å². The summed E-state index contributed by atoms with van der Waals surface area (Å²) in [6, 6.07) is 0. The summed E-state index contributed by atoms with van der Waals surface area (Å²) in [6.45, 7) is 6.86. The largest absolute Gasteiger partial charge is 0.461 e. The van der Waals surface area contributed by atoms with E-state index in [0.29, 0.717) is 19.5 Å². The molecule has 0 aromatic rings. The van der Waals surface area contributed by atoms with Crippen molar-refractivity contribution in [3.05, 3.63) is 24.9 Å². The molecule has 94 valence electrons. The van der Waals surface area contributed by atoms with E-state index in [1.807, 2.05) is 0 Å². The second-order valence-electron chi connectivity index (χ2n) is 3.47. The fourth-order valence-corrected chi connectivity index (χ4v) is 1.18. The lowest BCUT2D eigenvalue weighted by molar-refractivity contribution is 0.211. The van der Waals surface area contributed by atoms with E-state index in [1.165, 1.54) is 12.3 Å². The molecule has 0 saturated carbocycles. The van der Waals surface area contributed by atoms with E-state index in [4.69, 9.17) is 9.31 Å². The molecule has 0 amide bonds. The highest BCUT2D eigenvalue weighted by Crippen LogP contribution is 2.02.